The van der Waals surface area contributed by atoms with Gasteiger partial charge in [0, 0.05) is 23.7 Å². The maximum atomic E-state index is 14.2. The Morgan fingerprint density at radius 2 is 2.24 bits per heavy atom. The van der Waals surface area contributed by atoms with E-state index in [1.165, 1.54) is 12.3 Å². The highest BCUT2D eigenvalue weighted by Crippen LogP contribution is 2.30. The molecule has 0 radical (unpaired) electrons. The number of nitrogens with zero attached hydrogens (tertiary/aromatic N) is 1. The molecule has 2 amide bonds. The van der Waals surface area contributed by atoms with E-state index in [0.29, 0.717) is 17.3 Å². The smallest absolute Gasteiger partial charge is 0.249 e. The summed E-state index contributed by atoms with van der Waals surface area (Å²) in [5.74, 6) is -1.37. The Morgan fingerprint density at radius 1 is 1.43 bits per heavy atom. The van der Waals surface area contributed by atoms with Crippen molar-refractivity contribution in [1.82, 2.24) is 10.3 Å². The second kappa shape index (κ2) is 5.01. The molecule has 2 heterocycles. The molecule has 7 heteroatoms. The number of rotatable bonds is 2. The minimum Gasteiger partial charge on any atom is -0.398 e. The molecule has 4 N–H and O–H groups in total. The maximum absolute atomic E-state index is 14.2. The lowest BCUT2D eigenvalue weighted by molar-refractivity contribution is -0.133. The molecule has 3 rings (SSSR count). The molecule has 0 spiro atoms. The van der Waals surface area contributed by atoms with E-state index in [4.69, 9.17) is 5.73 Å². The first kappa shape index (κ1) is 13.3. The van der Waals surface area contributed by atoms with Crippen LogP contribution in [-0.4, -0.2) is 22.8 Å². The number of imide groups is 1. The summed E-state index contributed by atoms with van der Waals surface area (Å²) in [6, 6.07) is 3.95. The minimum absolute atomic E-state index is 0.120. The van der Waals surface area contributed by atoms with E-state index >= 15 is 0 Å². The van der Waals surface area contributed by atoms with Gasteiger partial charge in [-0.2, -0.15) is 0 Å². The van der Waals surface area contributed by atoms with Gasteiger partial charge in [0.2, 0.25) is 11.8 Å². The van der Waals surface area contributed by atoms with Gasteiger partial charge in [0.25, 0.3) is 0 Å². The number of pyridine rings is 1. The van der Waals surface area contributed by atoms with Crippen LogP contribution in [0.3, 0.4) is 0 Å². The van der Waals surface area contributed by atoms with Crippen LogP contribution in [0.1, 0.15) is 12.8 Å². The van der Waals surface area contributed by atoms with Crippen LogP contribution in [0.15, 0.2) is 24.4 Å². The SMILES string of the molecule is Nc1cc(F)c(NC2CCC(=O)NC2=O)c2ncccc12. The second-order valence-corrected chi connectivity index (χ2v) is 4.87. The summed E-state index contributed by atoms with van der Waals surface area (Å²) in [4.78, 5) is 27.0. The van der Waals surface area contributed by atoms with Crippen LogP contribution in [0.5, 0.6) is 0 Å². The highest BCUT2D eigenvalue weighted by Gasteiger charge is 2.28. The molecule has 108 valence electrons. The molecule has 1 atom stereocenters. The number of carbonyl (C=O) groups is 2. The molecule has 21 heavy (non-hydrogen) atoms. The van der Waals surface area contributed by atoms with Crippen LogP contribution in [-0.2, 0) is 9.59 Å². The summed E-state index contributed by atoms with van der Waals surface area (Å²) in [5.41, 5.74) is 6.54. The van der Waals surface area contributed by atoms with Crippen LogP contribution >= 0.6 is 0 Å². The van der Waals surface area contributed by atoms with Crippen LogP contribution in [0.4, 0.5) is 15.8 Å². The maximum Gasteiger partial charge on any atom is 0.249 e. The summed E-state index contributed by atoms with van der Waals surface area (Å²) in [5, 5.41) is 5.66. The number of hydrogen-bond donors (Lipinski definition) is 3. The molecule has 0 bridgehead atoms. The molecule has 1 aliphatic rings. The third-order valence-electron chi connectivity index (χ3n) is 3.43. The molecule has 2 aromatic rings. The van der Waals surface area contributed by atoms with Crippen LogP contribution in [0, 0.1) is 5.82 Å². The first-order chi connectivity index (χ1) is 10.1. The van der Waals surface area contributed by atoms with Crippen LogP contribution in [0.25, 0.3) is 10.9 Å². The Bertz CT molecular complexity index is 747. The number of nitrogens with one attached hydrogen (secondary N) is 2. The number of amides is 2. The lowest BCUT2D eigenvalue weighted by Gasteiger charge is -2.23. The van der Waals surface area contributed by atoms with E-state index in [1.54, 1.807) is 12.1 Å². The number of nitrogens with two attached hydrogens (primary N) is 1. The van der Waals surface area contributed by atoms with Gasteiger partial charge in [-0.25, -0.2) is 4.39 Å². The van der Waals surface area contributed by atoms with E-state index in [9.17, 15) is 14.0 Å². The van der Waals surface area contributed by atoms with E-state index in [-0.39, 0.29) is 23.7 Å². The standard InChI is InChI=1S/C14H13FN4O2/c15-8-6-9(16)7-2-1-5-17-12(7)13(8)18-10-3-4-11(20)19-14(10)21/h1-2,5-6,10,18H,3-4,16H2,(H,19,20,21). The van der Waals surface area contributed by atoms with Crippen molar-refractivity contribution >= 4 is 34.1 Å². The Labute approximate surface area is 119 Å². The molecule has 1 unspecified atom stereocenters. The van der Waals surface area contributed by atoms with Gasteiger partial charge in [-0.1, -0.05) is 0 Å². The molecule has 1 aromatic carbocycles. The Hall–Kier alpha value is -2.70. The number of carbonyl (C=O) groups excluding carboxylic acids is 2. The van der Waals surface area contributed by atoms with Gasteiger partial charge >= 0.3 is 0 Å². The normalized spacial score (nSPS) is 18.6. The quantitative estimate of drug-likeness (QED) is 0.569. The Morgan fingerprint density at radius 3 is 3.00 bits per heavy atom. The summed E-state index contributed by atoms with van der Waals surface area (Å²) >= 11 is 0. The van der Waals surface area contributed by atoms with Gasteiger partial charge in [-0.05, 0) is 24.6 Å². The topological polar surface area (TPSA) is 97.1 Å². The largest absolute Gasteiger partial charge is 0.398 e. The molecule has 0 saturated carbocycles. The number of piperidine rings is 1. The molecular formula is C14H13FN4O2. The minimum atomic E-state index is -0.675. The summed E-state index contributed by atoms with van der Waals surface area (Å²) in [6.07, 6.45) is 2.05. The third kappa shape index (κ3) is 2.37. The number of aromatic nitrogens is 1. The van der Waals surface area contributed by atoms with Crippen LogP contribution in [0.2, 0.25) is 0 Å². The summed E-state index contributed by atoms with van der Waals surface area (Å²) in [7, 11) is 0. The fraction of sp³-hybridized carbons (Fsp3) is 0.214. The lowest BCUT2D eigenvalue weighted by Crippen LogP contribution is -2.47. The van der Waals surface area contributed by atoms with Gasteiger partial charge < -0.3 is 11.1 Å². The second-order valence-electron chi connectivity index (χ2n) is 4.87. The highest BCUT2D eigenvalue weighted by molar-refractivity contribution is 6.03. The zero-order valence-electron chi connectivity index (χ0n) is 11.0. The van der Waals surface area contributed by atoms with E-state index in [2.05, 4.69) is 15.6 Å². The third-order valence-corrected chi connectivity index (χ3v) is 3.43. The number of benzene rings is 1. The van der Waals surface area contributed by atoms with Gasteiger partial charge in [0.15, 0.2) is 5.82 Å². The summed E-state index contributed by atoms with van der Waals surface area (Å²) < 4.78 is 14.2. The number of anilines is 2. The van der Waals surface area contributed by atoms with Crippen molar-refractivity contribution in [2.45, 2.75) is 18.9 Å². The monoisotopic (exact) mass is 288 g/mol. The summed E-state index contributed by atoms with van der Waals surface area (Å²) in [6.45, 7) is 0. The first-order valence-corrected chi connectivity index (χ1v) is 6.49. The fourth-order valence-corrected chi connectivity index (χ4v) is 2.38. The number of fused-ring (bicyclic) bond motifs is 1. The van der Waals surface area contributed by atoms with Crippen molar-refractivity contribution in [2.75, 3.05) is 11.1 Å². The molecule has 6 nitrogen and oxygen atoms in total. The number of nitrogen functional groups attached to an aromatic ring is 1. The van der Waals surface area contributed by atoms with Crippen molar-refractivity contribution in [3.8, 4) is 0 Å². The Balaban J connectivity index is 2.01. The molecule has 0 aliphatic carbocycles. The molecule has 1 aromatic heterocycles. The van der Waals surface area contributed by atoms with Crippen molar-refractivity contribution in [2.24, 2.45) is 0 Å². The number of hydrogen-bond acceptors (Lipinski definition) is 5. The predicted molar refractivity (Wildman–Crippen MR) is 75.9 cm³/mol. The zero-order valence-corrected chi connectivity index (χ0v) is 11.0. The lowest BCUT2D eigenvalue weighted by atomic mass is 10.0. The van der Waals surface area contributed by atoms with E-state index in [0.717, 1.165) is 0 Å². The molecule has 1 aliphatic heterocycles. The van der Waals surface area contributed by atoms with Gasteiger partial charge in [0.05, 0.1) is 11.2 Å². The predicted octanol–water partition coefficient (Wildman–Crippen LogP) is 1.17. The molecule has 1 fully saturated rings. The van der Waals surface area contributed by atoms with Crippen molar-refractivity contribution in [3.63, 3.8) is 0 Å². The van der Waals surface area contributed by atoms with Gasteiger partial charge in [0.1, 0.15) is 6.04 Å². The van der Waals surface area contributed by atoms with E-state index < -0.39 is 17.8 Å². The van der Waals surface area contributed by atoms with Crippen molar-refractivity contribution < 1.29 is 14.0 Å². The van der Waals surface area contributed by atoms with Gasteiger partial charge in [-0.15, -0.1) is 0 Å². The Kier molecular flexibility index (Phi) is 3.17. The first-order valence-electron chi connectivity index (χ1n) is 6.49. The molecular weight excluding hydrogens is 275 g/mol. The highest BCUT2D eigenvalue weighted by atomic mass is 19.1. The zero-order chi connectivity index (χ0) is 15.0. The number of halogens is 1. The average molecular weight is 288 g/mol. The average Bonchev–Trinajstić information content (AvgIpc) is 2.45. The van der Waals surface area contributed by atoms with Crippen molar-refractivity contribution in [1.29, 1.82) is 0 Å². The van der Waals surface area contributed by atoms with Crippen LogP contribution < -0.4 is 16.4 Å². The van der Waals surface area contributed by atoms with E-state index in [1.807, 2.05) is 0 Å². The molecule has 1 saturated heterocycles. The van der Waals surface area contributed by atoms with Crippen molar-refractivity contribution in [3.05, 3.63) is 30.2 Å². The van der Waals surface area contributed by atoms with Gasteiger partial charge in [-0.3, -0.25) is 19.9 Å². The fourth-order valence-electron chi connectivity index (χ4n) is 2.38.